The molecule has 0 fully saturated rings. The Kier molecular flexibility index (Phi) is 4.34. The zero-order valence-corrected chi connectivity index (χ0v) is 12.6. The molecule has 2 heterocycles. The van der Waals surface area contributed by atoms with Gasteiger partial charge in [0, 0.05) is 5.69 Å². The van der Waals surface area contributed by atoms with Crippen LogP contribution in [0, 0.1) is 0 Å². The molecule has 0 radical (unpaired) electrons. The Balaban J connectivity index is 1.76. The lowest BCUT2D eigenvalue weighted by molar-refractivity contribution is -0.153. The van der Waals surface area contributed by atoms with Crippen LogP contribution in [0.2, 0.25) is 0 Å². The second kappa shape index (κ2) is 6.35. The van der Waals surface area contributed by atoms with Crippen molar-refractivity contribution < 1.29 is 31.1 Å². The van der Waals surface area contributed by atoms with E-state index in [4.69, 9.17) is 0 Å². The van der Waals surface area contributed by atoms with Gasteiger partial charge in [-0.1, -0.05) is 0 Å². The minimum Gasteiger partial charge on any atom is -0.484 e. The van der Waals surface area contributed by atoms with Crippen molar-refractivity contribution in [1.29, 1.82) is 0 Å². The molecule has 0 amide bonds. The van der Waals surface area contributed by atoms with E-state index < -0.39 is 24.8 Å². The van der Waals surface area contributed by atoms with Gasteiger partial charge in [0.2, 0.25) is 0 Å². The van der Waals surface area contributed by atoms with E-state index in [0.29, 0.717) is 10.2 Å². The summed E-state index contributed by atoms with van der Waals surface area (Å²) in [5, 5.41) is 12.9. The summed E-state index contributed by atoms with van der Waals surface area (Å²) in [7, 11) is 0. The molecule has 2 aromatic heterocycles. The molecule has 0 aliphatic heterocycles. The van der Waals surface area contributed by atoms with Crippen molar-refractivity contribution in [3.05, 3.63) is 42.2 Å². The number of alkyl halides is 6. The van der Waals surface area contributed by atoms with E-state index in [-0.39, 0.29) is 17.2 Å². The van der Waals surface area contributed by atoms with Gasteiger partial charge < -0.3 is 10.1 Å². The molecule has 0 bridgehead atoms. The topological polar surface area (TPSA) is 64.3 Å². The summed E-state index contributed by atoms with van der Waals surface area (Å²) < 4.78 is 79.9. The quantitative estimate of drug-likeness (QED) is 0.701. The molecular weight excluding hydrogens is 368 g/mol. The van der Waals surface area contributed by atoms with Gasteiger partial charge in [0.05, 0.1) is 0 Å². The van der Waals surface area contributed by atoms with E-state index in [1.807, 2.05) is 0 Å². The van der Waals surface area contributed by atoms with Crippen LogP contribution in [0.4, 0.5) is 37.8 Å². The highest BCUT2D eigenvalue weighted by atomic mass is 19.4. The number of nitrogens with zero attached hydrogens (tertiary/aromatic N) is 4. The number of fused-ring (bicyclic) bond motifs is 1. The Labute approximate surface area is 141 Å². The van der Waals surface area contributed by atoms with Crippen molar-refractivity contribution >= 4 is 17.2 Å². The van der Waals surface area contributed by atoms with Gasteiger partial charge in [-0.05, 0) is 36.4 Å². The molecule has 3 rings (SSSR count). The molecule has 0 aliphatic carbocycles. The highest BCUT2D eigenvalue weighted by molar-refractivity contribution is 5.58. The third-order valence-corrected chi connectivity index (χ3v) is 3.05. The monoisotopic (exact) mass is 377 g/mol. The maximum atomic E-state index is 12.8. The highest BCUT2D eigenvalue weighted by Gasteiger charge is 2.37. The fourth-order valence-corrected chi connectivity index (χ4v) is 1.98. The average Bonchev–Trinajstić information content (AvgIpc) is 2.97. The smallest absolute Gasteiger partial charge is 0.453 e. The molecule has 0 atom stereocenters. The Hall–Kier alpha value is -3.05. The lowest BCUT2D eigenvalue weighted by atomic mass is 10.3. The van der Waals surface area contributed by atoms with Crippen molar-refractivity contribution in [3.8, 4) is 5.75 Å². The molecule has 0 saturated heterocycles. The predicted octanol–water partition coefficient (Wildman–Crippen LogP) is 3.83. The Morgan fingerprint density at radius 1 is 0.923 bits per heavy atom. The number of hydrogen-bond donors (Lipinski definition) is 1. The fraction of sp³-hybridized carbons (Fsp3) is 0.214. The van der Waals surface area contributed by atoms with Gasteiger partial charge in [-0.15, -0.1) is 15.3 Å². The maximum absolute atomic E-state index is 12.8. The molecule has 12 heteroatoms. The lowest BCUT2D eigenvalue weighted by Crippen LogP contribution is -2.19. The van der Waals surface area contributed by atoms with E-state index in [1.54, 1.807) is 0 Å². The van der Waals surface area contributed by atoms with Crippen LogP contribution in [0.5, 0.6) is 5.75 Å². The van der Waals surface area contributed by atoms with Gasteiger partial charge in [-0.25, -0.2) is 0 Å². The van der Waals surface area contributed by atoms with Crippen LogP contribution < -0.4 is 10.1 Å². The van der Waals surface area contributed by atoms with Gasteiger partial charge >= 0.3 is 12.4 Å². The number of anilines is 2. The first-order valence-electron chi connectivity index (χ1n) is 6.98. The third kappa shape index (κ3) is 4.13. The third-order valence-electron chi connectivity index (χ3n) is 3.05. The van der Waals surface area contributed by atoms with Crippen LogP contribution in [0.15, 0.2) is 36.4 Å². The van der Waals surface area contributed by atoms with Crippen LogP contribution in [0.3, 0.4) is 0 Å². The number of ether oxygens (including phenoxy) is 1. The Morgan fingerprint density at radius 2 is 1.62 bits per heavy atom. The molecule has 6 nitrogen and oxygen atoms in total. The molecule has 26 heavy (non-hydrogen) atoms. The largest absolute Gasteiger partial charge is 0.484 e. The molecule has 1 aromatic carbocycles. The summed E-state index contributed by atoms with van der Waals surface area (Å²) in [6, 6.07) is 8.04. The minimum atomic E-state index is -4.72. The van der Waals surface area contributed by atoms with Crippen LogP contribution in [0.25, 0.3) is 5.65 Å². The van der Waals surface area contributed by atoms with Crippen molar-refractivity contribution in [2.45, 2.75) is 12.4 Å². The van der Waals surface area contributed by atoms with Gasteiger partial charge in [0.25, 0.3) is 5.82 Å². The molecular formula is C14H9F6N5O. The number of aromatic nitrogens is 4. The Bertz CT molecular complexity index is 903. The summed E-state index contributed by atoms with van der Waals surface area (Å²) in [6.45, 7) is -1.42. The van der Waals surface area contributed by atoms with Crippen molar-refractivity contribution in [1.82, 2.24) is 19.8 Å². The molecule has 0 aliphatic rings. The first kappa shape index (κ1) is 17.8. The first-order chi connectivity index (χ1) is 12.1. The molecule has 138 valence electrons. The number of nitrogens with one attached hydrogen (secondary N) is 1. The first-order valence-corrected chi connectivity index (χ1v) is 6.98. The lowest BCUT2D eigenvalue weighted by Gasteiger charge is -2.10. The summed E-state index contributed by atoms with van der Waals surface area (Å²) in [5.41, 5.74) is 0.302. The second-order valence-corrected chi connectivity index (χ2v) is 5.06. The van der Waals surface area contributed by atoms with Crippen molar-refractivity contribution in [2.24, 2.45) is 0 Å². The van der Waals surface area contributed by atoms with Gasteiger partial charge in [-0.2, -0.15) is 30.9 Å². The van der Waals surface area contributed by atoms with E-state index in [2.05, 4.69) is 25.3 Å². The summed E-state index contributed by atoms with van der Waals surface area (Å²) in [4.78, 5) is 0. The van der Waals surface area contributed by atoms with E-state index >= 15 is 0 Å². The summed E-state index contributed by atoms with van der Waals surface area (Å²) in [5.74, 6) is -1.21. The normalized spacial score (nSPS) is 12.4. The summed E-state index contributed by atoms with van der Waals surface area (Å²) >= 11 is 0. The zero-order chi connectivity index (χ0) is 18.9. The maximum Gasteiger partial charge on any atom is 0.453 e. The van der Waals surface area contributed by atoms with Crippen LogP contribution in [-0.2, 0) is 6.18 Å². The van der Waals surface area contributed by atoms with Gasteiger partial charge in [0.15, 0.2) is 18.1 Å². The van der Waals surface area contributed by atoms with E-state index in [9.17, 15) is 26.3 Å². The molecule has 3 aromatic rings. The van der Waals surface area contributed by atoms with Gasteiger partial charge in [0.1, 0.15) is 5.75 Å². The zero-order valence-electron chi connectivity index (χ0n) is 12.6. The molecule has 0 saturated carbocycles. The number of halogens is 6. The standard InChI is InChI=1S/C14H9F6N5O/c15-13(16,17)7-26-9-3-1-8(2-4-9)21-10-5-6-11-22-23-12(14(18,19)20)25(11)24-10/h1-6H,7H2,(H,21,24). The van der Waals surface area contributed by atoms with Crippen LogP contribution >= 0.6 is 0 Å². The second-order valence-electron chi connectivity index (χ2n) is 5.06. The number of rotatable bonds is 4. The van der Waals surface area contributed by atoms with Crippen molar-refractivity contribution in [2.75, 3.05) is 11.9 Å². The minimum absolute atomic E-state index is 0.00514. The van der Waals surface area contributed by atoms with Gasteiger partial charge in [-0.3, -0.25) is 0 Å². The number of benzene rings is 1. The average molecular weight is 377 g/mol. The van der Waals surface area contributed by atoms with E-state index in [1.165, 1.54) is 36.4 Å². The fourth-order valence-electron chi connectivity index (χ4n) is 1.98. The van der Waals surface area contributed by atoms with Crippen molar-refractivity contribution in [3.63, 3.8) is 0 Å². The molecule has 0 spiro atoms. The SMILES string of the molecule is FC(F)(F)COc1ccc(Nc2ccc3nnc(C(F)(F)F)n3n2)cc1. The highest BCUT2D eigenvalue weighted by Crippen LogP contribution is 2.28. The molecule has 0 unspecified atom stereocenters. The summed E-state index contributed by atoms with van der Waals surface area (Å²) in [6.07, 6.45) is -9.17. The Morgan fingerprint density at radius 3 is 2.23 bits per heavy atom. The van der Waals surface area contributed by atoms with Crippen LogP contribution in [-0.4, -0.2) is 32.6 Å². The van der Waals surface area contributed by atoms with Crippen LogP contribution in [0.1, 0.15) is 5.82 Å². The predicted molar refractivity (Wildman–Crippen MR) is 77.1 cm³/mol. The molecule has 1 N–H and O–H groups in total. The van der Waals surface area contributed by atoms with E-state index in [0.717, 1.165) is 0 Å². The number of hydrogen-bond acceptors (Lipinski definition) is 5.